The number of benzene rings is 1. The molecule has 0 aromatic heterocycles. The van der Waals surface area contributed by atoms with Crippen molar-refractivity contribution in [1.82, 2.24) is 4.90 Å². The molecule has 0 atom stereocenters. The Kier molecular flexibility index (Phi) is 3.33. The van der Waals surface area contributed by atoms with Crippen molar-refractivity contribution in [3.63, 3.8) is 0 Å². The van der Waals surface area contributed by atoms with Crippen LogP contribution >= 0.6 is 0 Å². The van der Waals surface area contributed by atoms with E-state index in [2.05, 4.69) is 64.0 Å². The smallest absolute Gasteiger partial charge is 0.0230 e. The lowest BCUT2D eigenvalue weighted by Gasteiger charge is -2.24. The molecule has 0 aliphatic carbocycles. The van der Waals surface area contributed by atoms with Crippen LogP contribution < -0.4 is 0 Å². The van der Waals surface area contributed by atoms with Crippen LogP contribution in [0.15, 0.2) is 24.3 Å². The Balaban J connectivity index is 3.04. The van der Waals surface area contributed by atoms with Crippen molar-refractivity contribution in [3.05, 3.63) is 35.4 Å². The molecule has 14 heavy (non-hydrogen) atoms. The first kappa shape index (κ1) is 11.3. The number of hydrogen-bond acceptors (Lipinski definition) is 1. The Morgan fingerprint density at radius 3 is 2.14 bits per heavy atom. The van der Waals surface area contributed by atoms with Crippen molar-refractivity contribution in [1.29, 1.82) is 0 Å². The van der Waals surface area contributed by atoms with Crippen LogP contribution in [0, 0.1) is 0 Å². The third kappa shape index (κ3) is 2.85. The zero-order valence-corrected chi connectivity index (χ0v) is 9.96. The molecular weight excluding hydrogens is 170 g/mol. The molecule has 1 nitrogen and oxygen atoms in total. The molecule has 1 rings (SSSR count). The highest BCUT2D eigenvalue weighted by Gasteiger charge is 2.16. The van der Waals surface area contributed by atoms with Crippen LogP contribution in [-0.4, -0.2) is 19.0 Å². The molecular formula is C13H21N. The molecule has 0 aliphatic rings. The van der Waals surface area contributed by atoms with Gasteiger partial charge in [0.25, 0.3) is 0 Å². The van der Waals surface area contributed by atoms with Gasteiger partial charge in [0.15, 0.2) is 0 Å². The van der Waals surface area contributed by atoms with Crippen molar-refractivity contribution in [2.24, 2.45) is 0 Å². The first-order chi connectivity index (χ1) is 6.41. The highest BCUT2D eigenvalue weighted by Crippen LogP contribution is 2.26. The SMILES string of the molecule is CN(C)Cc1ccccc1C(C)(C)C. The quantitative estimate of drug-likeness (QED) is 0.694. The van der Waals surface area contributed by atoms with Crippen LogP contribution in [0.5, 0.6) is 0 Å². The normalized spacial score (nSPS) is 12.1. The van der Waals surface area contributed by atoms with E-state index < -0.39 is 0 Å². The molecule has 0 saturated heterocycles. The van der Waals surface area contributed by atoms with Crippen LogP contribution in [0.3, 0.4) is 0 Å². The molecule has 0 heterocycles. The first-order valence-electron chi connectivity index (χ1n) is 5.14. The maximum absolute atomic E-state index is 2.27. The topological polar surface area (TPSA) is 3.24 Å². The summed E-state index contributed by atoms with van der Waals surface area (Å²) >= 11 is 0. The number of nitrogens with zero attached hydrogens (tertiary/aromatic N) is 1. The number of rotatable bonds is 2. The fourth-order valence-corrected chi connectivity index (χ4v) is 1.73. The van der Waals surface area contributed by atoms with Crippen molar-refractivity contribution in [2.45, 2.75) is 32.7 Å². The molecule has 1 aromatic carbocycles. The second kappa shape index (κ2) is 4.14. The van der Waals surface area contributed by atoms with Gasteiger partial charge in [-0.2, -0.15) is 0 Å². The fourth-order valence-electron chi connectivity index (χ4n) is 1.73. The van der Waals surface area contributed by atoms with E-state index in [-0.39, 0.29) is 5.41 Å². The molecule has 0 saturated carbocycles. The second-order valence-electron chi connectivity index (χ2n) is 5.14. The van der Waals surface area contributed by atoms with E-state index >= 15 is 0 Å². The minimum atomic E-state index is 0.243. The van der Waals surface area contributed by atoms with Crippen molar-refractivity contribution >= 4 is 0 Å². The van der Waals surface area contributed by atoms with Gasteiger partial charge in [0.2, 0.25) is 0 Å². The van der Waals surface area contributed by atoms with Gasteiger partial charge in [-0.25, -0.2) is 0 Å². The molecule has 1 aromatic rings. The van der Waals surface area contributed by atoms with E-state index in [1.807, 2.05) is 0 Å². The molecule has 0 amide bonds. The molecule has 1 heteroatoms. The Labute approximate surface area is 87.7 Å². The summed E-state index contributed by atoms with van der Waals surface area (Å²) < 4.78 is 0. The molecule has 0 radical (unpaired) electrons. The third-order valence-corrected chi connectivity index (χ3v) is 2.31. The monoisotopic (exact) mass is 191 g/mol. The van der Waals surface area contributed by atoms with Gasteiger partial charge in [-0.3, -0.25) is 0 Å². The lowest BCUT2D eigenvalue weighted by Crippen LogP contribution is -2.18. The van der Waals surface area contributed by atoms with E-state index in [1.54, 1.807) is 0 Å². The minimum absolute atomic E-state index is 0.243. The summed E-state index contributed by atoms with van der Waals surface area (Å²) in [4.78, 5) is 2.21. The van der Waals surface area contributed by atoms with Crippen LogP contribution in [0.2, 0.25) is 0 Å². The maximum Gasteiger partial charge on any atom is 0.0230 e. The van der Waals surface area contributed by atoms with Crippen LogP contribution in [0.4, 0.5) is 0 Å². The summed E-state index contributed by atoms with van der Waals surface area (Å²) in [6.45, 7) is 7.82. The van der Waals surface area contributed by atoms with Gasteiger partial charge in [0.1, 0.15) is 0 Å². The summed E-state index contributed by atoms with van der Waals surface area (Å²) in [7, 11) is 4.22. The predicted octanol–water partition coefficient (Wildman–Crippen LogP) is 3.05. The van der Waals surface area contributed by atoms with E-state index in [4.69, 9.17) is 0 Å². The molecule has 0 aliphatic heterocycles. The lowest BCUT2D eigenvalue weighted by atomic mass is 9.84. The van der Waals surface area contributed by atoms with Crippen LogP contribution in [-0.2, 0) is 12.0 Å². The Morgan fingerprint density at radius 2 is 1.64 bits per heavy atom. The Morgan fingerprint density at radius 1 is 1.07 bits per heavy atom. The van der Waals surface area contributed by atoms with Gasteiger partial charge in [0, 0.05) is 6.54 Å². The molecule has 0 spiro atoms. The van der Waals surface area contributed by atoms with Crippen molar-refractivity contribution in [2.75, 3.05) is 14.1 Å². The van der Waals surface area contributed by atoms with Crippen LogP contribution in [0.25, 0.3) is 0 Å². The van der Waals surface area contributed by atoms with Gasteiger partial charge in [0.05, 0.1) is 0 Å². The zero-order chi connectivity index (χ0) is 10.8. The van der Waals surface area contributed by atoms with Crippen molar-refractivity contribution < 1.29 is 0 Å². The molecule has 78 valence electrons. The summed E-state index contributed by atoms with van der Waals surface area (Å²) in [5, 5.41) is 0. The standard InChI is InChI=1S/C13H21N/c1-13(2,3)12-9-7-6-8-11(12)10-14(4)5/h6-9H,10H2,1-5H3. The van der Waals surface area contributed by atoms with E-state index in [0.29, 0.717) is 0 Å². The Hall–Kier alpha value is -0.820. The highest BCUT2D eigenvalue weighted by molar-refractivity contribution is 5.32. The van der Waals surface area contributed by atoms with Gasteiger partial charge < -0.3 is 4.90 Å². The van der Waals surface area contributed by atoms with Crippen molar-refractivity contribution in [3.8, 4) is 0 Å². The summed E-state index contributed by atoms with van der Waals surface area (Å²) in [6, 6.07) is 8.70. The van der Waals surface area contributed by atoms with Gasteiger partial charge >= 0.3 is 0 Å². The summed E-state index contributed by atoms with van der Waals surface area (Å²) in [5.41, 5.74) is 3.13. The largest absolute Gasteiger partial charge is 0.305 e. The van der Waals surface area contributed by atoms with E-state index in [9.17, 15) is 0 Å². The number of hydrogen-bond donors (Lipinski definition) is 0. The van der Waals surface area contributed by atoms with Gasteiger partial charge in [-0.1, -0.05) is 45.0 Å². The molecule has 0 fully saturated rings. The lowest BCUT2D eigenvalue weighted by molar-refractivity contribution is 0.397. The summed E-state index contributed by atoms with van der Waals surface area (Å²) in [6.07, 6.45) is 0. The Bertz CT molecular complexity index is 294. The zero-order valence-electron chi connectivity index (χ0n) is 9.96. The molecule has 0 unspecified atom stereocenters. The predicted molar refractivity (Wildman–Crippen MR) is 62.5 cm³/mol. The van der Waals surface area contributed by atoms with E-state index in [1.165, 1.54) is 11.1 Å². The maximum atomic E-state index is 2.27. The second-order valence-corrected chi connectivity index (χ2v) is 5.14. The minimum Gasteiger partial charge on any atom is -0.305 e. The van der Waals surface area contributed by atoms with Gasteiger partial charge in [-0.05, 0) is 30.6 Å². The van der Waals surface area contributed by atoms with Gasteiger partial charge in [-0.15, -0.1) is 0 Å². The molecule has 0 N–H and O–H groups in total. The fraction of sp³-hybridized carbons (Fsp3) is 0.538. The first-order valence-corrected chi connectivity index (χ1v) is 5.14. The average Bonchev–Trinajstić information content (AvgIpc) is 2.01. The van der Waals surface area contributed by atoms with E-state index in [0.717, 1.165) is 6.54 Å². The summed E-state index contributed by atoms with van der Waals surface area (Å²) in [5.74, 6) is 0. The highest BCUT2D eigenvalue weighted by atomic mass is 15.0. The third-order valence-electron chi connectivity index (χ3n) is 2.31. The average molecular weight is 191 g/mol. The van der Waals surface area contributed by atoms with Crippen LogP contribution in [0.1, 0.15) is 31.9 Å². The molecule has 0 bridgehead atoms.